The molecular formula is C25H21Cl2NO5. The summed E-state index contributed by atoms with van der Waals surface area (Å²) in [5.41, 5.74) is 0.0444. The number of amides is 1. The molecule has 1 amide bonds. The number of halogens is 2. The summed E-state index contributed by atoms with van der Waals surface area (Å²) >= 11 is 11.9. The van der Waals surface area contributed by atoms with Crippen molar-refractivity contribution < 1.29 is 18.7 Å². The highest BCUT2D eigenvalue weighted by atomic mass is 35.5. The zero-order chi connectivity index (χ0) is 23.4. The van der Waals surface area contributed by atoms with Gasteiger partial charge in [-0.1, -0.05) is 48.5 Å². The first-order valence-electron chi connectivity index (χ1n) is 10.6. The van der Waals surface area contributed by atoms with E-state index in [1.54, 1.807) is 30.3 Å². The van der Waals surface area contributed by atoms with Gasteiger partial charge in [0, 0.05) is 33.6 Å². The van der Waals surface area contributed by atoms with E-state index in [1.807, 2.05) is 0 Å². The number of hydrogen-bond acceptors (Lipinski definition) is 5. The highest BCUT2D eigenvalue weighted by Gasteiger charge is 2.20. The smallest absolute Gasteiger partial charge is 0.349 e. The van der Waals surface area contributed by atoms with Gasteiger partial charge in [-0.15, -0.1) is 0 Å². The van der Waals surface area contributed by atoms with E-state index in [1.165, 1.54) is 30.7 Å². The number of carbonyl (C=O) groups excluding carboxylic acids is 2. The highest BCUT2D eigenvalue weighted by Crippen LogP contribution is 2.24. The molecule has 1 saturated carbocycles. The molecule has 1 aliphatic carbocycles. The number of esters is 1. The molecular weight excluding hydrogens is 465 g/mol. The SMILES string of the molecule is O=C(/C=C/c1ccc(Cl)cc1Cl)Oc1ccc2cc(C(=O)NC3CCCCC3)c(=O)oc2c1. The Kier molecular flexibility index (Phi) is 7.16. The van der Waals surface area contributed by atoms with Crippen LogP contribution in [0.25, 0.3) is 17.0 Å². The molecule has 33 heavy (non-hydrogen) atoms. The molecule has 3 aromatic rings. The number of nitrogens with one attached hydrogen (secondary N) is 1. The lowest BCUT2D eigenvalue weighted by molar-refractivity contribution is -0.128. The molecule has 0 spiro atoms. The number of hydrogen-bond donors (Lipinski definition) is 1. The van der Waals surface area contributed by atoms with Crippen molar-refractivity contribution in [3.63, 3.8) is 0 Å². The fourth-order valence-electron chi connectivity index (χ4n) is 3.77. The third-order valence-corrected chi connectivity index (χ3v) is 6.03. The average molecular weight is 486 g/mol. The first-order valence-corrected chi connectivity index (χ1v) is 11.4. The van der Waals surface area contributed by atoms with Crippen LogP contribution in [0.5, 0.6) is 5.75 Å². The number of benzene rings is 2. The van der Waals surface area contributed by atoms with Gasteiger partial charge in [-0.05, 0) is 54.8 Å². The lowest BCUT2D eigenvalue weighted by atomic mass is 9.95. The Morgan fingerprint density at radius 1 is 1.03 bits per heavy atom. The quantitative estimate of drug-likeness (QED) is 0.214. The summed E-state index contributed by atoms with van der Waals surface area (Å²) in [5.74, 6) is -0.868. The molecule has 170 valence electrons. The van der Waals surface area contributed by atoms with E-state index >= 15 is 0 Å². The number of fused-ring (bicyclic) bond motifs is 1. The summed E-state index contributed by atoms with van der Waals surface area (Å²) in [5, 5.41) is 4.37. The lowest BCUT2D eigenvalue weighted by Crippen LogP contribution is -2.38. The summed E-state index contributed by atoms with van der Waals surface area (Å²) in [7, 11) is 0. The van der Waals surface area contributed by atoms with Crippen molar-refractivity contribution in [2.45, 2.75) is 38.1 Å². The third-order valence-electron chi connectivity index (χ3n) is 5.47. The van der Waals surface area contributed by atoms with Crippen LogP contribution < -0.4 is 15.7 Å². The molecule has 2 aromatic carbocycles. The first-order chi connectivity index (χ1) is 15.9. The average Bonchev–Trinajstić information content (AvgIpc) is 2.78. The van der Waals surface area contributed by atoms with Crippen molar-refractivity contribution in [2.24, 2.45) is 0 Å². The summed E-state index contributed by atoms with van der Waals surface area (Å²) in [6, 6.07) is 11.1. The number of rotatable bonds is 5. The van der Waals surface area contributed by atoms with Crippen LogP contribution >= 0.6 is 23.2 Å². The van der Waals surface area contributed by atoms with Crippen molar-refractivity contribution >= 4 is 52.1 Å². The van der Waals surface area contributed by atoms with Crippen LogP contribution in [-0.2, 0) is 4.79 Å². The molecule has 1 aliphatic rings. The molecule has 0 radical (unpaired) electrons. The molecule has 1 heterocycles. The Labute approximate surface area is 200 Å². The van der Waals surface area contributed by atoms with E-state index in [4.69, 9.17) is 32.4 Å². The second kappa shape index (κ2) is 10.2. The standard InChI is InChI=1S/C25H21Cl2NO5/c26-17-9-6-15(21(27)13-17)8-11-23(29)32-19-10-7-16-12-20(25(31)33-22(16)14-19)24(30)28-18-4-2-1-3-5-18/h6-14,18H,1-5H2,(H,28,30)/b11-8+. The molecule has 6 nitrogen and oxygen atoms in total. The van der Waals surface area contributed by atoms with Crippen LogP contribution in [0.2, 0.25) is 10.0 Å². The normalized spacial score (nSPS) is 14.5. The zero-order valence-electron chi connectivity index (χ0n) is 17.6. The Morgan fingerprint density at radius 2 is 1.82 bits per heavy atom. The Balaban J connectivity index is 1.47. The minimum atomic E-state index is -0.739. The fourth-order valence-corrected chi connectivity index (χ4v) is 4.24. The van der Waals surface area contributed by atoms with E-state index in [0.717, 1.165) is 25.7 Å². The summed E-state index contributed by atoms with van der Waals surface area (Å²) in [6.45, 7) is 0. The topological polar surface area (TPSA) is 85.6 Å². The van der Waals surface area contributed by atoms with E-state index in [-0.39, 0.29) is 22.9 Å². The van der Waals surface area contributed by atoms with Gasteiger partial charge in [-0.25, -0.2) is 9.59 Å². The third kappa shape index (κ3) is 5.83. The van der Waals surface area contributed by atoms with Crippen LogP contribution in [0.1, 0.15) is 48.0 Å². The van der Waals surface area contributed by atoms with Gasteiger partial charge in [0.25, 0.3) is 5.91 Å². The van der Waals surface area contributed by atoms with Gasteiger partial charge in [0.1, 0.15) is 16.9 Å². The Bertz CT molecular complexity index is 1290. The predicted molar refractivity (Wildman–Crippen MR) is 128 cm³/mol. The maximum absolute atomic E-state index is 12.6. The van der Waals surface area contributed by atoms with Gasteiger partial charge in [-0.2, -0.15) is 0 Å². The molecule has 8 heteroatoms. The van der Waals surface area contributed by atoms with Crippen LogP contribution in [0.4, 0.5) is 0 Å². The van der Waals surface area contributed by atoms with E-state index in [2.05, 4.69) is 5.32 Å². The number of ether oxygens (including phenoxy) is 1. The van der Waals surface area contributed by atoms with Crippen LogP contribution in [0, 0.1) is 0 Å². The predicted octanol–water partition coefficient (Wildman–Crippen LogP) is 5.78. The molecule has 1 N–H and O–H groups in total. The summed E-state index contributed by atoms with van der Waals surface area (Å²) < 4.78 is 10.6. The molecule has 1 fully saturated rings. The Morgan fingerprint density at radius 3 is 2.58 bits per heavy atom. The van der Waals surface area contributed by atoms with Crippen molar-refractivity contribution in [3.8, 4) is 5.75 Å². The van der Waals surface area contributed by atoms with Crippen molar-refractivity contribution in [2.75, 3.05) is 0 Å². The molecule has 0 aliphatic heterocycles. The Hall–Kier alpha value is -3.09. The van der Waals surface area contributed by atoms with E-state index in [9.17, 15) is 14.4 Å². The summed E-state index contributed by atoms with van der Waals surface area (Å²) in [4.78, 5) is 37.1. The highest BCUT2D eigenvalue weighted by molar-refractivity contribution is 6.35. The lowest BCUT2D eigenvalue weighted by Gasteiger charge is -2.22. The van der Waals surface area contributed by atoms with Gasteiger partial charge in [0.2, 0.25) is 0 Å². The van der Waals surface area contributed by atoms with E-state index in [0.29, 0.717) is 21.0 Å². The van der Waals surface area contributed by atoms with Crippen molar-refractivity contribution in [1.29, 1.82) is 0 Å². The molecule has 0 saturated heterocycles. The second-order valence-electron chi connectivity index (χ2n) is 7.88. The minimum Gasteiger partial charge on any atom is -0.423 e. The van der Waals surface area contributed by atoms with Crippen molar-refractivity contribution in [1.82, 2.24) is 5.32 Å². The first kappa shape index (κ1) is 23.1. The monoisotopic (exact) mass is 485 g/mol. The minimum absolute atomic E-state index is 0.0411. The van der Waals surface area contributed by atoms with Gasteiger partial charge < -0.3 is 14.5 Å². The van der Waals surface area contributed by atoms with Gasteiger partial charge in [0.15, 0.2) is 0 Å². The maximum Gasteiger partial charge on any atom is 0.349 e. The van der Waals surface area contributed by atoms with Gasteiger partial charge >= 0.3 is 11.6 Å². The van der Waals surface area contributed by atoms with Crippen LogP contribution in [0.15, 0.2) is 57.8 Å². The van der Waals surface area contributed by atoms with Gasteiger partial charge in [0.05, 0.1) is 0 Å². The number of carbonyl (C=O) groups is 2. The molecule has 0 unspecified atom stereocenters. The fraction of sp³-hybridized carbons (Fsp3) is 0.240. The maximum atomic E-state index is 12.6. The largest absolute Gasteiger partial charge is 0.423 e. The molecule has 1 aromatic heterocycles. The second-order valence-corrected chi connectivity index (χ2v) is 8.72. The van der Waals surface area contributed by atoms with Gasteiger partial charge in [-0.3, -0.25) is 4.79 Å². The van der Waals surface area contributed by atoms with Crippen LogP contribution in [-0.4, -0.2) is 17.9 Å². The molecule has 0 bridgehead atoms. The molecule has 4 rings (SSSR count). The molecule has 0 atom stereocenters. The van der Waals surface area contributed by atoms with Crippen LogP contribution in [0.3, 0.4) is 0 Å². The zero-order valence-corrected chi connectivity index (χ0v) is 19.1. The van der Waals surface area contributed by atoms with E-state index < -0.39 is 17.5 Å². The van der Waals surface area contributed by atoms with Crippen molar-refractivity contribution in [3.05, 3.63) is 80.1 Å². The summed E-state index contributed by atoms with van der Waals surface area (Å²) in [6.07, 6.45) is 7.88.